The van der Waals surface area contributed by atoms with Crippen molar-refractivity contribution in [1.29, 1.82) is 0 Å². The Kier molecular flexibility index (Phi) is 1.88. The second-order valence-electron chi connectivity index (χ2n) is 2.77. The number of aromatic nitrogens is 3. The van der Waals surface area contributed by atoms with Crippen molar-refractivity contribution in [2.45, 2.75) is 20.3 Å². The van der Waals surface area contributed by atoms with Gasteiger partial charge in [0.2, 0.25) is 0 Å². The molecule has 0 saturated carbocycles. The van der Waals surface area contributed by atoms with Gasteiger partial charge in [-0.2, -0.15) is 0 Å². The number of nitrogens with one attached hydrogen (secondary N) is 1. The van der Waals surface area contributed by atoms with Crippen molar-refractivity contribution in [3.05, 3.63) is 21.2 Å². The molecule has 0 radical (unpaired) electrons. The molecule has 0 aliphatic heterocycles. The summed E-state index contributed by atoms with van der Waals surface area (Å²) in [5.74, 6) is 0.642. The third kappa shape index (κ3) is 1.35. The molecule has 4 nitrogen and oxygen atoms in total. The van der Waals surface area contributed by atoms with Gasteiger partial charge in [0.15, 0.2) is 10.3 Å². The summed E-state index contributed by atoms with van der Waals surface area (Å²) in [5, 5.41) is 0.957. The monoisotopic (exact) mass is 195 g/mol. The predicted octanol–water partition coefficient (Wildman–Crippen LogP) is 1.25. The average molecular weight is 195 g/mol. The van der Waals surface area contributed by atoms with Crippen LogP contribution in [0.2, 0.25) is 0 Å². The Bertz CT molecular complexity index is 500. The molecular formula is C8H9N3OS. The third-order valence-electron chi connectivity index (χ3n) is 1.73. The van der Waals surface area contributed by atoms with E-state index in [-0.39, 0.29) is 5.56 Å². The van der Waals surface area contributed by atoms with E-state index in [2.05, 4.69) is 15.0 Å². The number of rotatable bonds is 1. The van der Waals surface area contributed by atoms with Crippen LogP contribution in [0.15, 0.2) is 4.79 Å². The molecule has 0 fully saturated rings. The van der Waals surface area contributed by atoms with Crippen molar-refractivity contribution in [3.63, 3.8) is 0 Å². The Morgan fingerprint density at radius 2 is 2.23 bits per heavy atom. The molecule has 0 unspecified atom stereocenters. The number of H-pyrrole nitrogens is 1. The zero-order valence-corrected chi connectivity index (χ0v) is 8.23. The summed E-state index contributed by atoms with van der Waals surface area (Å²) in [4.78, 5) is 23.1. The normalized spacial score (nSPS) is 10.9. The van der Waals surface area contributed by atoms with Crippen molar-refractivity contribution in [2.24, 2.45) is 0 Å². The summed E-state index contributed by atoms with van der Waals surface area (Å²) in [6, 6.07) is 0. The quantitative estimate of drug-likeness (QED) is 0.745. The molecule has 13 heavy (non-hydrogen) atoms. The van der Waals surface area contributed by atoms with Crippen LogP contribution in [0.1, 0.15) is 17.8 Å². The highest BCUT2D eigenvalue weighted by Gasteiger charge is 2.07. The first-order valence-corrected chi connectivity index (χ1v) is 4.88. The molecule has 2 heterocycles. The Morgan fingerprint density at radius 3 is 2.92 bits per heavy atom. The molecule has 0 atom stereocenters. The minimum Gasteiger partial charge on any atom is -0.309 e. The van der Waals surface area contributed by atoms with Gasteiger partial charge in [-0.15, -0.1) is 0 Å². The average Bonchev–Trinajstić information content (AvgIpc) is 2.47. The van der Waals surface area contributed by atoms with Crippen LogP contribution in [0.5, 0.6) is 0 Å². The van der Waals surface area contributed by atoms with Crippen LogP contribution < -0.4 is 5.56 Å². The summed E-state index contributed by atoms with van der Waals surface area (Å²) in [6.45, 7) is 3.78. The molecule has 1 N–H and O–H groups in total. The number of thiazole rings is 1. The van der Waals surface area contributed by atoms with Crippen molar-refractivity contribution in [1.82, 2.24) is 15.0 Å². The van der Waals surface area contributed by atoms with Crippen LogP contribution in [-0.2, 0) is 6.42 Å². The molecule has 0 saturated heterocycles. The second kappa shape index (κ2) is 2.92. The topological polar surface area (TPSA) is 58.6 Å². The van der Waals surface area contributed by atoms with Crippen LogP contribution in [-0.4, -0.2) is 15.0 Å². The van der Waals surface area contributed by atoms with Gasteiger partial charge < -0.3 is 4.98 Å². The van der Waals surface area contributed by atoms with Crippen LogP contribution in [0.4, 0.5) is 0 Å². The van der Waals surface area contributed by atoms with Crippen molar-refractivity contribution in [2.75, 3.05) is 0 Å². The first-order valence-electron chi connectivity index (χ1n) is 4.07. The van der Waals surface area contributed by atoms with Crippen LogP contribution in [0.25, 0.3) is 10.3 Å². The molecule has 68 valence electrons. The molecule has 0 spiro atoms. The predicted molar refractivity (Wildman–Crippen MR) is 52.2 cm³/mol. The number of fused-ring (bicyclic) bond motifs is 1. The highest BCUT2D eigenvalue weighted by atomic mass is 32.1. The molecule has 0 aliphatic rings. The molecule has 0 bridgehead atoms. The summed E-state index contributed by atoms with van der Waals surface area (Å²) >= 11 is 1.48. The SMILES string of the molecule is CCc1nc2c(=O)[nH]c(C)nc2s1. The van der Waals surface area contributed by atoms with E-state index in [1.165, 1.54) is 11.3 Å². The molecule has 0 amide bonds. The van der Waals surface area contributed by atoms with Crippen LogP contribution in [0.3, 0.4) is 0 Å². The Balaban J connectivity index is 2.83. The standard InChI is InChI=1S/C8H9N3OS/c1-3-5-11-6-7(12)9-4(2)10-8(6)13-5/h3H2,1-2H3,(H,9,10,12). The summed E-state index contributed by atoms with van der Waals surface area (Å²) < 4.78 is 0. The molecule has 2 aromatic heterocycles. The van der Waals surface area contributed by atoms with Gasteiger partial charge in [0.25, 0.3) is 5.56 Å². The van der Waals surface area contributed by atoms with E-state index in [0.717, 1.165) is 16.3 Å². The molecule has 2 aromatic rings. The maximum absolute atomic E-state index is 11.4. The zero-order chi connectivity index (χ0) is 9.42. The number of hydrogen-bond acceptors (Lipinski definition) is 4. The van der Waals surface area contributed by atoms with Gasteiger partial charge in [-0.05, 0) is 13.3 Å². The number of aromatic amines is 1. The van der Waals surface area contributed by atoms with E-state index >= 15 is 0 Å². The van der Waals surface area contributed by atoms with Gasteiger partial charge in [0, 0.05) is 0 Å². The van der Waals surface area contributed by atoms with Crippen molar-refractivity contribution < 1.29 is 0 Å². The molecule has 0 aliphatic carbocycles. The lowest BCUT2D eigenvalue weighted by molar-refractivity contribution is 1.05. The Labute approximate surface area is 78.7 Å². The highest BCUT2D eigenvalue weighted by molar-refractivity contribution is 7.18. The minimum absolute atomic E-state index is 0.140. The largest absolute Gasteiger partial charge is 0.309 e. The minimum atomic E-state index is -0.140. The van der Waals surface area contributed by atoms with Gasteiger partial charge in [-0.3, -0.25) is 4.79 Å². The van der Waals surface area contributed by atoms with Gasteiger partial charge in [-0.1, -0.05) is 18.3 Å². The lowest BCUT2D eigenvalue weighted by Gasteiger charge is -1.88. The van der Waals surface area contributed by atoms with Crippen LogP contribution >= 0.6 is 11.3 Å². The molecule has 5 heteroatoms. The van der Waals surface area contributed by atoms with E-state index in [0.29, 0.717) is 11.3 Å². The van der Waals surface area contributed by atoms with E-state index < -0.39 is 0 Å². The first-order chi connectivity index (χ1) is 6.20. The van der Waals surface area contributed by atoms with E-state index in [1.54, 1.807) is 6.92 Å². The fourth-order valence-corrected chi connectivity index (χ4v) is 2.06. The van der Waals surface area contributed by atoms with E-state index in [9.17, 15) is 4.79 Å². The highest BCUT2D eigenvalue weighted by Crippen LogP contribution is 2.16. The second-order valence-corrected chi connectivity index (χ2v) is 3.83. The number of nitrogens with zero attached hydrogens (tertiary/aromatic N) is 2. The third-order valence-corrected chi connectivity index (χ3v) is 2.83. The molecular weight excluding hydrogens is 186 g/mol. The van der Waals surface area contributed by atoms with Gasteiger partial charge in [-0.25, -0.2) is 9.97 Å². The molecule has 0 aromatic carbocycles. The molecule has 2 rings (SSSR count). The fourth-order valence-electron chi connectivity index (χ4n) is 1.13. The zero-order valence-electron chi connectivity index (χ0n) is 7.42. The van der Waals surface area contributed by atoms with E-state index in [4.69, 9.17) is 0 Å². The van der Waals surface area contributed by atoms with Gasteiger partial charge >= 0.3 is 0 Å². The van der Waals surface area contributed by atoms with E-state index in [1.807, 2.05) is 6.92 Å². The van der Waals surface area contributed by atoms with Gasteiger partial charge in [0.05, 0.1) is 5.01 Å². The summed E-state index contributed by atoms with van der Waals surface area (Å²) in [5.41, 5.74) is 0.325. The van der Waals surface area contributed by atoms with Crippen molar-refractivity contribution in [3.8, 4) is 0 Å². The summed E-state index contributed by atoms with van der Waals surface area (Å²) in [7, 11) is 0. The smallest absolute Gasteiger partial charge is 0.278 e. The lowest BCUT2D eigenvalue weighted by atomic mass is 10.5. The Morgan fingerprint density at radius 1 is 1.46 bits per heavy atom. The van der Waals surface area contributed by atoms with Crippen LogP contribution in [0, 0.1) is 6.92 Å². The van der Waals surface area contributed by atoms with Gasteiger partial charge in [0.1, 0.15) is 5.82 Å². The lowest BCUT2D eigenvalue weighted by Crippen LogP contribution is -2.08. The maximum Gasteiger partial charge on any atom is 0.278 e. The fraction of sp³-hybridized carbons (Fsp3) is 0.375. The maximum atomic E-state index is 11.4. The number of hydrogen-bond donors (Lipinski definition) is 1. The van der Waals surface area contributed by atoms with Crippen molar-refractivity contribution >= 4 is 21.7 Å². The number of aryl methyl sites for hydroxylation is 2. The Hall–Kier alpha value is -1.23. The first kappa shape index (κ1) is 8.37. The summed E-state index contributed by atoms with van der Waals surface area (Å²) in [6.07, 6.45) is 0.847.